The van der Waals surface area contributed by atoms with Crippen LogP contribution in [-0.4, -0.2) is 54.6 Å². The fourth-order valence-electron chi connectivity index (χ4n) is 0.997. The minimum absolute atomic E-state index is 0.324. The molecule has 1 unspecified atom stereocenters. The fourth-order valence-corrected chi connectivity index (χ4v) is 0.997. The van der Waals surface area contributed by atoms with Crippen molar-refractivity contribution in [2.24, 2.45) is 5.92 Å². The van der Waals surface area contributed by atoms with Gasteiger partial charge in [-0.15, -0.1) is 0 Å². The van der Waals surface area contributed by atoms with Gasteiger partial charge in [-0.1, -0.05) is 13.8 Å². The molecule has 18 heavy (non-hydrogen) atoms. The second kappa shape index (κ2) is 9.67. The number of aliphatic carboxylic acids is 1. The zero-order chi connectivity index (χ0) is 14.0. The Balaban J connectivity index is 3.40. The molecule has 0 saturated carbocycles. The van der Waals surface area contributed by atoms with Gasteiger partial charge in [0.25, 0.3) is 0 Å². The van der Waals surface area contributed by atoms with Crippen LogP contribution in [0.4, 0.5) is 4.79 Å². The highest BCUT2D eigenvalue weighted by atomic mass is 16.5. The molecule has 0 aromatic heterocycles. The van der Waals surface area contributed by atoms with Gasteiger partial charge in [0.1, 0.15) is 0 Å². The van der Waals surface area contributed by atoms with Crippen molar-refractivity contribution in [1.82, 2.24) is 10.6 Å². The molecule has 0 spiro atoms. The van der Waals surface area contributed by atoms with Crippen molar-refractivity contribution in [2.45, 2.75) is 26.4 Å². The first-order valence-electron chi connectivity index (χ1n) is 5.93. The third-order valence-electron chi connectivity index (χ3n) is 2.11. The molecule has 0 aromatic rings. The summed E-state index contributed by atoms with van der Waals surface area (Å²) in [5.41, 5.74) is 0. The van der Waals surface area contributed by atoms with Gasteiger partial charge in [-0.05, 0) is 12.3 Å². The summed E-state index contributed by atoms with van der Waals surface area (Å²) in [6.45, 7) is 5.27. The number of aliphatic hydroxyl groups is 1. The van der Waals surface area contributed by atoms with Crippen LogP contribution in [0.1, 0.15) is 20.3 Å². The van der Waals surface area contributed by atoms with E-state index >= 15 is 0 Å². The van der Waals surface area contributed by atoms with E-state index in [1.165, 1.54) is 0 Å². The van der Waals surface area contributed by atoms with E-state index in [4.69, 9.17) is 14.9 Å². The molecule has 0 aliphatic rings. The van der Waals surface area contributed by atoms with E-state index in [0.29, 0.717) is 25.7 Å². The number of ether oxygens (including phenoxy) is 1. The topological polar surface area (TPSA) is 108 Å². The number of carbonyl (C=O) groups excluding carboxylic acids is 1. The highest BCUT2D eigenvalue weighted by Crippen LogP contribution is 1.98. The summed E-state index contributed by atoms with van der Waals surface area (Å²) in [6, 6.07) is -0.525. The fraction of sp³-hybridized carbons (Fsp3) is 0.818. The lowest BCUT2D eigenvalue weighted by molar-refractivity contribution is -0.146. The number of carboxylic acid groups (broad SMARTS) is 1. The Morgan fingerprint density at radius 3 is 2.44 bits per heavy atom. The highest BCUT2D eigenvalue weighted by Gasteiger charge is 2.13. The van der Waals surface area contributed by atoms with E-state index in [2.05, 4.69) is 24.5 Å². The third-order valence-corrected chi connectivity index (χ3v) is 2.11. The highest BCUT2D eigenvalue weighted by molar-refractivity contribution is 5.76. The second-order valence-corrected chi connectivity index (χ2v) is 4.29. The molecule has 7 nitrogen and oxygen atoms in total. The lowest BCUT2D eigenvalue weighted by Crippen LogP contribution is -2.42. The van der Waals surface area contributed by atoms with E-state index in [-0.39, 0.29) is 6.54 Å². The molecule has 2 amide bonds. The lowest BCUT2D eigenvalue weighted by atomic mass is 10.1. The molecule has 0 aliphatic heterocycles. The van der Waals surface area contributed by atoms with Crippen molar-refractivity contribution in [3.8, 4) is 0 Å². The maximum absolute atomic E-state index is 11.1. The monoisotopic (exact) mass is 262 g/mol. The lowest BCUT2D eigenvalue weighted by Gasteiger charge is -2.10. The number of nitrogens with one attached hydrogen (secondary N) is 2. The van der Waals surface area contributed by atoms with Crippen LogP contribution in [-0.2, 0) is 9.53 Å². The molecule has 7 heteroatoms. The van der Waals surface area contributed by atoms with Gasteiger partial charge < -0.3 is 25.6 Å². The van der Waals surface area contributed by atoms with Gasteiger partial charge in [0.15, 0.2) is 6.10 Å². The molecule has 0 heterocycles. The van der Waals surface area contributed by atoms with Crippen molar-refractivity contribution in [1.29, 1.82) is 0 Å². The predicted octanol–water partition coefficient (Wildman–Crippen LogP) is -0.206. The summed E-state index contributed by atoms with van der Waals surface area (Å²) in [7, 11) is 0. The first kappa shape index (κ1) is 16.7. The Morgan fingerprint density at radius 2 is 1.89 bits per heavy atom. The van der Waals surface area contributed by atoms with Gasteiger partial charge in [0.2, 0.25) is 0 Å². The van der Waals surface area contributed by atoms with E-state index in [1.807, 2.05) is 0 Å². The van der Waals surface area contributed by atoms with Crippen molar-refractivity contribution < 1.29 is 24.5 Å². The van der Waals surface area contributed by atoms with Gasteiger partial charge in [0.05, 0.1) is 13.2 Å². The molecule has 0 aliphatic carbocycles. The molecule has 0 rings (SSSR count). The zero-order valence-corrected chi connectivity index (χ0v) is 10.8. The number of rotatable bonds is 9. The Kier molecular flexibility index (Phi) is 8.95. The van der Waals surface area contributed by atoms with Crippen molar-refractivity contribution in [2.75, 3.05) is 26.3 Å². The second-order valence-electron chi connectivity index (χ2n) is 4.29. The van der Waals surface area contributed by atoms with Crippen LogP contribution in [0.2, 0.25) is 0 Å². The number of carboxylic acids is 1. The number of carbonyl (C=O) groups is 2. The SMILES string of the molecule is CC(C)CCOCCNC(=O)NCC(O)C(=O)O. The first-order valence-corrected chi connectivity index (χ1v) is 5.93. The molecule has 0 radical (unpaired) electrons. The Bertz CT molecular complexity index is 258. The first-order chi connectivity index (χ1) is 8.43. The van der Waals surface area contributed by atoms with Gasteiger partial charge in [-0.25, -0.2) is 9.59 Å². The Hall–Kier alpha value is -1.34. The van der Waals surface area contributed by atoms with Crippen LogP contribution in [0.5, 0.6) is 0 Å². The maximum Gasteiger partial charge on any atom is 0.334 e. The van der Waals surface area contributed by atoms with Crippen LogP contribution in [0.3, 0.4) is 0 Å². The van der Waals surface area contributed by atoms with Gasteiger partial charge >= 0.3 is 12.0 Å². The molecule has 0 fully saturated rings. The molecule has 0 aromatic carbocycles. The smallest absolute Gasteiger partial charge is 0.334 e. The van der Waals surface area contributed by atoms with E-state index in [1.54, 1.807) is 0 Å². The van der Waals surface area contributed by atoms with E-state index < -0.39 is 18.1 Å². The van der Waals surface area contributed by atoms with Crippen LogP contribution in [0.15, 0.2) is 0 Å². The van der Waals surface area contributed by atoms with Crippen molar-refractivity contribution in [3.63, 3.8) is 0 Å². The van der Waals surface area contributed by atoms with Crippen LogP contribution in [0, 0.1) is 5.92 Å². The quantitative estimate of drug-likeness (QED) is 0.430. The summed E-state index contributed by atoms with van der Waals surface area (Å²) in [4.78, 5) is 21.4. The molecule has 4 N–H and O–H groups in total. The van der Waals surface area contributed by atoms with E-state index in [0.717, 1.165) is 6.42 Å². The molecule has 0 saturated heterocycles. The minimum Gasteiger partial charge on any atom is -0.479 e. The summed E-state index contributed by atoms with van der Waals surface area (Å²) < 4.78 is 5.27. The largest absolute Gasteiger partial charge is 0.479 e. The number of amides is 2. The van der Waals surface area contributed by atoms with E-state index in [9.17, 15) is 9.59 Å². The average molecular weight is 262 g/mol. The standard InChI is InChI=1S/C11H22N2O5/c1-8(2)3-5-18-6-4-12-11(17)13-7-9(14)10(15)16/h8-9,14H,3-7H2,1-2H3,(H,15,16)(H2,12,13,17). The van der Waals surface area contributed by atoms with Crippen LogP contribution >= 0.6 is 0 Å². The van der Waals surface area contributed by atoms with Gasteiger partial charge in [-0.3, -0.25) is 0 Å². The normalized spacial score (nSPS) is 12.2. The third kappa shape index (κ3) is 9.86. The maximum atomic E-state index is 11.1. The summed E-state index contributed by atoms with van der Waals surface area (Å²) in [6.07, 6.45) is -0.616. The predicted molar refractivity (Wildman–Crippen MR) is 65.3 cm³/mol. The molecule has 0 bridgehead atoms. The molecule has 1 atom stereocenters. The zero-order valence-electron chi connectivity index (χ0n) is 10.8. The molecular weight excluding hydrogens is 240 g/mol. The average Bonchev–Trinajstić information content (AvgIpc) is 2.29. The molecule has 106 valence electrons. The van der Waals surface area contributed by atoms with Crippen molar-refractivity contribution in [3.05, 3.63) is 0 Å². The Morgan fingerprint density at radius 1 is 1.22 bits per heavy atom. The Labute approximate surface area is 107 Å². The molecular formula is C11H22N2O5. The number of hydrogen-bond acceptors (Lipinski definition) is 4. The summed E-state index contributed by atoms with van der Waals surface area (Å²) in [5, 5.41) is 22.0. The number of aliphatic hydroxyl groups excluding tert-OH is 1. The minimum atomic E-state index is -1.59. The van der Waals surface area contributed by atoms with Gasteiger partial charge in [0, 0.05) is 13.2 Å². The van der Waals surface area contributed by atoms with Gasteiger partial charge in [-0.2, -0.15) is 0 Å². The van der Waals surface area contributed by atoms with Crippen LogP contribution in [0.25, 0.3) is 0 Å². The summed E-state index contributed by atoms with van der Waals surface area (Å²) >= 11 is 0. The van der Waals surface area contributed by atoms with Crippen molar-refractivity contribution >= 4 is 12.0 Å². The van der Waals surface area contributed by atoms with Crippen LogP contribution < -0.4 is 10.6 Å². The number of urea groups is 1. The summed E-state index contributed by atoms with van der Waals surface area (Å²) in [5.74, 6) is -0.786. The number of hydrogen-bond donors (Lipinski definition) is 4.